The molecule has 0 bridgehead atoms. The van der Waals surface area contributed by atoms with E-state index in [4.69, 9.17) is 0 Å². The summed E-state index contributed by atoms with van der Waals surface area (Å²) in [7, 11) is 0. The van der Waals surface area contributed by atoms with Gasteiger partial charge in [0.1, 0.15) is 6.54 Å². The molecular formula is C25H22BrN3O2. The van der Waals surface area contributed by atoms with Crippen molar-refractivity contribution in [3.63, 3.8) is 0 Å². The minimum Gasteiger partial charge on any atom is -0.355 e. The van der Waals surface area contributed by atoms with E-state index in [0.717, 1.165) is 10.9 Å². The van der Waals surface area contributed by atoms with Crippen molar-refractivity contribution < 1.29 is 4.79 Å². The molecule has 3 aromatic carbocycles. The Balaban J connectivity index is 1.43. The van der Waals surface area contributed by atoms with Gasteiger partial charge in [0.15, 0.2) is 0 Å². The minimum atomic E-state index is -0.229. The highest BCUT2D eigenvalue weighted by atomic mass is 79.9. The number of amides is 1. The first-order valence-electron chi connectivity index (χ1n) is 10.1. The van der Waals surface area contributed by atoms with Crippen molar-refractivity contribution >= 4 is 32.7 Å². The highest BCUT2D eigenvalue weighted by Crippen LogP contribution is 2.27. The second-order valence-electron chi connectivity index (χ2n) is 7.35. The van der Waals surface area contributed by atoms with Gasteiger partial charge >= 0.3 is 0 Å². The predicted octanol–water partition coefficient (Wildman–Crippen LogP) is 4.50. The van der Waals surface area contributed by atoms with Crippen LogP contribution in [0.1, 0.15) is 23.5 Å². The molecular weight excluding hydrogens is 454 g/mol. The largest absolute Gasteiger partial charge is 0.355 e. The van der Waals surface area contributed by atoms with E-state index in [1.807, 2.05) is 42.5 Å². The standard InChI is InChI=1S/C25H22BrN3O2/c26-20-11-12-23-22(15-20)25(31)29(17-28-23)16-24(30)27-14-13-21(18-7-3-1-4-8-18)19-9-5-2-6-10-19/h1-12,15,17,21H,13-14,16H2,(H,27,30). The van der Waals surface area contributed by atoms with Gasteiger partial charge in [-0.25, -0.2) is 4.98 Å². The highest BCUT2D eigenvalue weighted by molar-refractivity contribution is 9.10. The normalized spacial score (nSPS) is 11.0. The molecule has 0 fully saturated rings. The van der Waals surface area contributed by atoms with Gasteiger partial charge in [-0.15, -0.1) is 0 Å². The maximum Gasteiger partial charge on any atom is 0.261 e. The Morgan fingerprint density at radius 1 is 0.968 bits per heavy atom. The average molecular weight is 476 g/mol. The fourth-order valence-corrected chi connectivity index (χ4v) is 4.07. The summed E-state index contributed by atoms with van der Waals surface area (Å²) in [5, 5.41) is 3.44. The summed E-state index contributed by atoms with van der Waals surface area (Å²) in [6.07, 6.45) is 2.19. The van der Waals surface area contributed by atoms with Gasteiger partial charge in [-0.2, -0.15) is 0 Å². The maximum atomic E-state index is 12.7. The number of aromatic nitrogens is 2. The molecule has 0 saturated heterocycles. The molecule has 1 aromatic heterocycles. The van der Waals surface area contributed by atoms with Gasteiger partial charge in [-0.1, -0.05) is 76.6 Å². The van der Waals surface area contributed by atoms with Gasteiger partial charge < -0.3 is 5.32 Å². The van der Waals surface area contributed by atoms with E-state index in [1.165, 1.54) is 22.0 Å². The zero-order chi connectivity index (χ0) is 21.6. The van der Waals surface area contributed by atoms with Crippen LogP contribution < -0.4 is 10.9 Å². The molecule has 0 radical (unpaired) electrons. The van der Waals surface area contributed by atoms with E-state index in [2.05, 4.69) is 50.5 Å². The van der Waals surface area contributed by atoms with Gasteiger partial charge in [-0.05, 0) is 35.7 Å². The van der Waals surface area contributed by atoms with Crippen LogP contribution in [0, 0.1) is 0 Å². The molecule has 156 valence electrons. The summed E-state index contributed by atoms with van der Waals surface area (Å²) in [6, 6.07) is 25.9. The number of hydrogen-bond acceptors (Lipinski definition) is 3. The molecule has 0 saturated carbocycles. The lowest BCUT2D eigenvalue weighted by atomic mass is 9.88. The summed E-state index contributed by atoms with van der Waals surface area (Å²) < 4.78 is 2.14. The SMILES string of the molecule is O=C(Cn1cnc2ccc(Br)cc2c1=O)NCCC(c1ccccc1)c1ccccc1. The monoisotopic (exact) mass is 475 g/mol. The van der Waals surface area contributed by atoms with Crippen LogP contribution in [0.2, 0.25) is 0 Å². The molecule has 4 rings (SSSR count). The van der Waals surface area contributed by atoms with E-state index in [0.29, 0.717) is 17.4 Å². The summed E-state index contributed by atoms with van der Waals surface area (Å²) in [5.41, 5.74) is 2.80. The van der Waals surface area contributed by atoms with Crippen LogP contribution in [0.15, 0.2) is 94.5 Å². The number of rotatable bonds is 7. The van der Waals surface area contributed by atoms with Crippen molar-refractivity contribution in [1.82, 2.24) is 14.9 Å². The number of benzene rings is 3. The Morgan fingerprint density at radius 3 is 2.26 bits per heavy atom. The lowest BCUT2D eigenvalue weighted by Gasteiger charge is -2.18. The van der Waals surface area contributed by atoms with Crippen LogP contribution in [-0.2, 0) is 11.3 Å². The first kappa shape index (κ1) is 21.0. The van der Waals surface area contributed by atoms with Crippen molar-refractivity contribution in [2.45, 2.75) is 18.9 Å². The van der Waals surface area contributed by atoms with Crippen molar-refractivity contribution in [2.24, 2.45) is 0 Å². The zero-order valence-electron chi connectivity index (χ0n) is 16.9. The lowest BCUT2D eigenvalue weighted by molar-refractivity contribution is -0.121. The van der Waals surface area contributed by atoms with E-state index >= 15 is 0 Å². The molecule has 5 nitrogen and oxygen atoms in total. The van der Waals surface area contributed by atoms with Crippen molar-refractivity contribution in [2.75, 3.05) is 6.54 Å². The van der Waals surface area contributed by atoms with Gasteiger partial charge in [-0.3, -0.25) is 14.2 Å². The quantitative estimate of drug-likeness (QED) is 0.428. The Morgan fingerprint density at radius 2 is 1.61 bits per heavy atom. The fourth-order valence-electron chi connectivity index (χ4n) is 3.71. The van der Waals surface area contributed by atoms with E-state index in [9.17, 15) is 9.59 Å². The van der Waals surface area contributed by atoms with Crippen LogP contribution in [0.5, 0.6) is 0 Å². The van der Waals surface area contributed by atoms with Crippen molar-refractivity contribution in [1.29, 1.82) is 0 Å². The molecule has 0 unspecified atom stereocenters. The summed E-state index contributed by atoms with van der Waals surface area (Å²) in [5.74, 6) is -0.0248. The number of halogens is 1. The number of fused-ring (bicyclic) bond motifs is 1. The van der Waals surface area contributed by atoms with Crippen LogP contribution >= 0.6 is 15.9 Å². The van der Waals surface area contributed by atoms with Crippen LogP contribution in [0.25, 0.3) is 10.9 Å². The molecule has 4 aromatic rings. The molecule has 1 heterocycles. The number of carbonyl (C=O) groups excluding carboxylic acids is 1. The zero-order valence-corrected chi connectivity index (χ0v) is 18.5. The van der Waals surface area contributed by atoms with Crippen molar-refractivity contribution in [3.8, 4) is 0 Å². The molecule has 0 aliphatic rings. The van der Waals surface area contributed by atoms with Gasteiger partial charge in [0.25, 0.3) is 5.56 Å². The first-order chi connectivity index (χ1) is 15.1. The second-order valence-corrected chi connectivity index (χ2v) is 8.27. The third kappa shape index (κ3) is 5.09. The number of nitrogens with one attached hydrogen (secondary N) is 1. The van der Waals surface area contributed by atoms with Crippen LogP contribution in [-0.4, -0.2) is 22.0 Å². The lowest BCUT2D eigenvalue weighted by Crippen LogP contribution is -2.33. The van der Waals surface area contributed by atoms with Gasteiger partial charge in [0.2, 0.25) is 5.91 Å². The fraction of sp³-hybridized carbons (Fsp3) is 0.160. The Bertz CT molecular complexity index is 1200. The third-order valence-corrected chi connectivity index (χ3v) is 5.75. The molecule has 0 spiro atoms. The van der Waals surface area contributed by atoms with E-state index in [1.54, 1.807) is 12.1 Å². The second kappa shape index (κ2) is 9.71. The smallest absolute Gasteiger partial charge is 0.261 e. The first-order valence-corrected chi connectivity index (χ1v) is 10.9. The number of nitrogens with zero attached hydrogens (tertiary/aromatic N) is 2. The predicted molar refractivity (Wildman–Crippen MR) is 126 cm³/mol. The van der Waals surface area contributed by atoms with E-state index < -0.39 is 0 Å². The Kier molecular flexibility index (Phi) is 6.57. The van der Waals surface area contributed by atoms with Crippen LogP contribution in [0.3, 0.4) is 0 Å². The van der Waals surface area contributed by atoms with Crippen molar-refractivity contribution in [3.05, 3.63) is 111 Å². The maximum absolute atomic E-state index is 12.7. The number of carbonyl (C=O) groups is 1. The Hall–Kier alpha value is -3.25. The molecule has 31 heavy (non-hydrogen) atoms. The summed E-state index contributed by atoms with van der Waals surface area (Å²) in [4.78, 5) is 29.5. The third-order valence-electron chi connectivity index (χ3n) is 5.26. The molecule has 0 aliphatic carbocycles. The van der Waals surface area contributed by atoms with Crippen LogP contribution in [0.4, 0.5) is 0 Å². The molecule has 1 amide bonds. The molecule has 1 N–H and O–H groups in total. The number of hydrogen-bond donors (Lipinski definition) is 1. The summed E-state index contributed by atoms with van der Waals surface area (Å²) in [6.45, 7) is 0.449. The van der Waals surface area contributed by atoms with E-state index in [-0.39, 0.29) is 23.9 Å². The average Bonchev–Trinajstić information content (AvgIpc) is 2.80. The topological polar surface area (TPSA) is 64.0 Å². The minimum absolute atomic E-state index is 0.0599. The molecule has 6 heteroatoms. The van der Waals surface area contributed by atoms with Gasteiger partial charge in [0, 0.05) is 16.9 Å². The summed E-state index contributed by atoms with van der Waals surface area (Å²) >= 11 is 3.37. The van der Waals surface area contributed by atoms with Gasteiger partial charge in [0.05, 0.1) is 17.2 Å². The molecule has 0 atom stereocenters. The Labute approximate surface area is 188 Å². The molecule has 0 aliphatic heterocycles. The highest BCUT2D eigenvalue weighted by Gasteiger charge is 2.14.